The van der Waals surface area contributed by atoms with E-state index in [-0.39, 0.29) is 17.3 Å². The SMILES string of the molecule is CC(NC(=O)C(O)c1cc(F)cc(F)c1)C(=O)Nc1cc(CC(C)c2ccc(F)c(F)c2)n[nH]1. The first-order valence-electron chi connectivity index (χ1n) is 10.3. The second kappa shape index (κ2) is 10.5. The van der Waals surface area contributed by atoms with Gasteiger partial charge in [-0.15, -0.1) is 0 Å². The molecule has 3 rings (SSSR count). The Bertz CT molecular complexity index is 1180. The zero-order chi connectivity index (χ0) is 25.0. The minimum absolute atomic E-state index is 0.186. The fourth-order valence-corrected chi connectivity index (χ4v) is 3.27. The lowest BCUT2D eigenvalue weighted by Gasteiger charge is -2.16. The Morgan fingerprint density at radius 1 is 0.941 bits per heavy atom. The van der Waals surface area contributed by atoms with Crippen molar-refractivity contribution < 1.29 is 32.3 Å². The number of anilines is 1. The molecule has 0 spiro atoms. The van der Waals surface area contributed by atoms with Crippen LogP contribution in [0.15, 0.2) is 42.5 Å². The summed E-state index contributed by atoms with van der Waals surface area (Å²) >= 11 is 0. The number of rotatable bonds is 8. The molecule has 3 unspecified atom stereocenters. The number of aromatic nitrogens is 2. The van der Waals surface area contributed by atoms with Crippen LogP contribution in [0.5, 0.6) is 0 Å². The van der Waals surface area contributed by atoms with Gasteiger partial charge in [0.15, 0.2) is 17.7 Å². The summed E-state index contributed by atoms with van der Waals surface area (Å²) in [6, 6.07) is 6.32. The maximum absolute atomic E-state index is 13.5. The van der Waals surface area contributed by atoms with Crippen molar-refractivity contribution in [3.63, 3.8) is 0 Å². The Labute approximate surface area is 192 Å². The molecular weight excluding hydrogens is 456 g/mol. The average molecular weight is 478 g/mol. The molecular formula is C23H22F4N4O3. The first-order valence-corrected chi connectivity index (χ1v) is 10.3. The molecule has 1 heterocycles. The standard InChI is InChI=1S/C23H22F4N4O3/c1-11(13-3-4-18(26)19(27)8-13)5-17-10-20(31-30-17)29-22(33)12(2)28-23(34)21(32)14-6-15(24)9-16(25)7-14/h3-4,6-12,21,32H,5H2,1-2H3,(H,28,34)(H2,29,30,31,33). The first kappa shape index (κ1) is 24.9. The number of aliphatic hydroxyl groups excluding tert-OH is 1. The number of benzene rings is 2. The van der Waals surface area contributed by atoms with E-state index >= 15 is 0 Å². The van der Waals surface area contributed by atoms with Crippen LogP contribution in [0.1, 0.15) is 42.7 Å². The number of amides is 2. The Balaban J connectivity index is 1.56. The maximum Gasteiger partial charge on any atom is 0.254 e. The zero-order valence-electron chi connectivity index (χ0n) is 18.2. The highest BCUT2D eigenvalue weighted by molar-refractivity contribution is 5.97. The van der Waals surface area contributed by atoms with Gasteiger partial charge in [-0.1, -0.05) is 13.0 Å². The highest BCUT2D eigenvalue weighted by Crippen LogP contribution is 2.22. The predicted molar refractivity (Wildman–Crippen MR) is 115 cm³/mol. The highest BCUT2D eigenvalue weighted by Gasteiger charge is 2.24. The smallest absolute Gasteiger partial charge is 0.254 e. The molecule has 2 amide bonds. The van der Waals surface area contributed by atoms with Crippen molar-refractivity contribution in [2.24, 2.45) is 0 Å². The lowest BCUT2D eigenvalue weighted by molar-refractivity contribution is -0.132. The van der Waals surface area contributed by atoms with Crippen molar-refractivity contribution in [1.82, 2.24) is 15.5 Å². The minimum atomic E-state index is -1.88. The van der Waals surface area contributed by atoms with Crippen LogP contribution < -0.4 is 10.6 Å². The molecule has 11 heteroatoms. The Morgan fingerprint density at radius 2 is 1.62 bits per heavy atom. The molecule has 0 aliphatic heterocycles. The monoisotopic (exact) mass is 478 g/mol. The van der Waals surface area contributed by atoms with Gasteiger partial charge in [0.05, 0.1) is 5.69 Å². The summed E-state index contributed by atoms with van der Waals surface area (Å²) in [6.45, 7) is 3.17. The molecule has 3 aromatic rings. The van der Waals surface area contributed by atoms with Gasteiger partial charge in [0.2, 0.25) is 5.91 Å². The van der Waals surface area contributed by atoms with Gasteiger partial charge in [-0.25, -0.2) is 17.6 Å². The third-order valence-corrected chi connectivity index (χ3v) is 5.12. The number of nitrogens with one attached hydrogen (secondary N) is 3. The largest absolute Gasteiger partial charge is 0.378 e. The molecule has 0 radical (unpaired) electrons. The summed E-state index contributed by atoms with van der Waals surface area (Å²) in [5.74, 6) is -5.41. The lowest BCUT2D eigenvalue weighted by Crippen LogP contribution is -2.43. The van der Waals surface area contributed by atoms with Crippen molar-refractivity contribution in [3.05, 3.63) is 82.6 Å². The van der Waals surface area contributed by atoms with Gasteiger partial charge in [0.25, 0.3) is 5.91 Å². The van der Waals surface area contributed by atoms with Crippen LogP contribution in [0.3, 0.4) is 0 Å². The van der Waals surface area contributed by atoms with Crippen LogP contribution in [-0.4, -0.2) is 33.2 Å². The molecule has 3 atom stereocenters. The van der Waals surface area contributed by atoms with Crippen LogP contribution in [0.25, 0.3) is 0 Å². The number of halogens is 4. The quantitative estimate of drug-likeness (QED) is 0.372. The predicted octanol–water partition coefficient (Wildman–Crippen LogP) is 3.49. The van der Waals surface area contributed by atoms with Crippen molar-refractivity contribution >= 4 is 17.6 Å². The van der Waals surface area contributed by atoms with E-state index in [1.54, 1.807) is 6.07 Å². The van der Waals surface area contributed by atoms with Crippen LogP contribution in [0.4, 0.5) is 23.4 Å². The average Bonchev–Trinajstić information content (AvgIpc) is 3.20. The minimum Gasteiger partial charge on any atom is -0.378 e. The van der Waals surface area contributed by atoms with E-state index in [2.05, 4.69) is 20.8 Å². The van der Waals surface area contributed by atoms with Crippen molar-refractivity contribution in [2.75, 3.05) is 5.32 Å². The summed E-state index contributed by atoms with van der Waals surface area (Å²) in [5, 5.41) is 21.5. The Hall–Kier alpha value is -3.73. The van der Waals surface area contributed by atoms with Gasteiger partial charge >= 0.3 is 0 Å². The fraction of sp³-hybridized carbons (Fsp3) is 0.261. The topological polar surface area (TPSA) is 107 Å². The van der Waals surface area contributed by atoms with Crippen molar-refractivity contribution in [2.45, 2.75) is 38.3 Å². The number of carbonyl (C=O) groups is 2. The van der Waals surface area contributed by atoms with Crippen molar-refractivity contribution in [1.29, 1.82) is 0 Å². The molecule has 1 aromatic heterocycles. The van der Waals surface area contributed by atoms with E-state index in [0.717, 1.165) is 24.3 Å². The summed E-state index contributed by atoms with van der Waals surface area (Å²) in [6.07, 6.45) is -1.50. The summed E-state index contributed by atoms with van der Waals surface area (Å²) in [5.41, 5.74) is 0.837. The zero-order valence-corrected chi connectivity index (χ0v) is 18.2. The molecule has 0 bridgehead atoms. The number of carbonyl (C=O) groups excluding carboxylic acids is 2. The van der Waals surface area contributed by atoms with Gasteiger partial charge in [-0.3, -0.25) is 14.7 Å². The van der Waals surface area contributed by atoms with E-state index in [9.17, 15) is 32.3 Å². The number of aliphatic hydroxyl groups is 1. The third kappa shape index (κ3) is 6.19. The molecule has 34 heavy (non-hydrogen) atoms. The third-order valence-electron chi connectivity index (χ3n) is 5.12. The Kier molecular flexibility index (Phi) is 7.67. The molecule has 0 saturated carbocycles. The molecule has 0 aliphatic carbocycles. The second-order valence-corrected chi connectivity index (χ2v) is 7.88. The number of nitrogens with zero attached hydrogens (tertiary/aromatic N) is 1. The normalized spacial score (nSPS) is 13.7. The fourth-order valence-electron chi connectivity index (χ4n) is 3.27. The van der Waals surface area contributed by atoms with Crippen LogP contribution >= 0.6 is 0 Å². The van der Waals surface area contributed by atoms with Crippen LogP contribution in [-0.2, 0) is 16.0 Å². The van der Waals surface area contributed by atoms with Crippen LogP contribution in [0.2, 0.25) is 0 Å². The number of hydrogen-bond donors (Lipinski definition) is 4. The van der Waals surface area contributed by atoms with E-state index < -0.39 is 47.2 Å². The molecule has 2 aromatic carbocycles. The van der Waals surface area contributed by atoms with Crippen molar-refractivity contribution in [3.8, 4) is 0 Å². The highest BCUT2D eigenvalue weighted by atomic mass is 19.2. The molecule has 0 aliphatic rings. The van der Waals surface area contributed by atoms with Gasteiger partial charge in [-0.2, -0.15) is 5.10 Å². The summed E-state index contributed by atoms with van der Waals surface area (Å²) in [4.78, 5) is 24.6. The second-order valence-electron chi connectivity index (χ2n) is 7.88. The van der Waals surface area contributed by atoms with Gasteiger partial charge < -0.3 is 15.7 Å². The van der Waals surface area contributed by atoms with Crippen LogP contribution in [0, 0.1) is 23.3 Å². The van der Waals surface area contributed by atoms with Gasteiger partial charge in [0.1, 0.15) is 23.5 Å². The molecule has 4 N–H and O–H groups in total. The first-order chi connectivity index (χ1) is 16.0. The molecule has 0 saturated heterocycles. The van der Waals surface area contributed by atoms with E-state index in [0.29, 0.717) is 23.7 Å². The molecule has 180 valence electrons. The summed E-state index contributed by atoms with van der Waals surface area (Å²) < 4.78 is 53.2. The summed E-state index contributed by atoms with van der Waals surface area (Å²) in [7, 11) is 0. The number of H-pyrrole nitrogens is 1. The molecule has 7 nitrogen and oxygen atoms in total. The van der Waals surface area contributed by atoms with E-state index in [1.165, 1.54) is 13.0 Å². The Morgan fingerprint density at radius 3 is 2.26 bits per heavy atom. The number of aromatic amines is 1. The molecule has 0 fully saturated rings. The van der Waals surface area contributed by atoms with Gasteiger partial charge in [-0.05, 0) is 54.7 Å². The van der Waals surface area contributed by atoms with Gasteiger partial charge in [0, 0.05) is 12.1 Å². The lowest BCUT2D eigenvalue weighted by atomic mass is 9.96. The van der Waals surface area contributed by atoms with E-state index in [1.807, 2.05) is 6.92 Å². The maximum atomic E-state index is 13.5. The number of hydrogen-bond acceptors (Lipinski definition) is 4. The van der Waals surface area contributed by atoms with E-state index in [4.69, 9.17) is 0 Å².